The standard InChI is InChI=1S/C19H22ClN5O/c20-16-5-3-6-17(15-16)23-13-11-22(12-14-23)8-4-10-25-19(26)24-9-2-1-7-18(24)21-25/h1-3,5-7,9,15H,4,8,10-14H2/i1D,2D,3D,4D2,5D,6D,7D,8D2,9D,10D2,15D. The molecule has 1 aliphatic heterocycles. The van der Waals surface area contributed by atoms with E-state index in [9.17, 15) is 4.79 Å². The molecular formula is C19H22ClN5O. The summed E-state index contributed by atoms with van der Waals surface area (Å²) < 4.78 is 115. The summed E-state index contributed by atoms with van der Waals surface area (Å²) in [5.74, 6) is 0. The molecule has 0 aliphatic carbocycles. The Morgan fingerprint density at radius 2 is 1.96 bits per heavy atom. The summed E-state index contributed by atoms with van der Waals surface area (Å²) in [7, 11) is 0. The summed E-state index contributed by atoms with van der Waals surface area (Å²) in [5, 5.41) is 3.31. The van der Waals surface area contributed by atoms with Crippen LogP contribution in [0.3, 0.4) is 0 Å². The van der Waals surface area contributed by atoms with Gasteiger partial charge in [0.1, 0.15) is 0 Å². The third-order valence-electron chi connectivity index (χ3n) is 3.74. The molecule has 4 rings (SSSR count). The van der Waals surface area contributed by atoms with Crippen LogP contribution in [0.25, 0.3) is 5.65 Å². The third-order valence-corrected chi connectivity index (χ3v) is 3.93. The van der Waals surface area contributed by atoms with Crippen LogP contribution in [0.1, 0.15) is 25.6 Å². The first-order valence-corrected chi connectivity index (χ1v) is 8.02. The SMILES string of the molecule is [2H]c1c([2H])c(Cl)c([2H])c(N2CCN(C([2H])([2H])C([2H])([2H])C([2H])([2H])n3nc4c([2H])c([2H])c([2H])c([2H])n4c3=O)CC2)c1[2H]. The number of hydrogen-bond acceptors (Lipinski definition) is 4. The Balaban J connectivity index is 1.68. The Bertz CT molecular complexity index is 1550. The molecule has 1 fully saturated rings. The molecule has 3 heterocycles. The van der Waals surface area contributed by atoms with Gasteiger partial charge in [0.05, 0.1) is 13.7 Å². The van der Waals surface area contributed by atoms with Gasteiger partial charge in [0.2, 0.25) is 0 Å². The van der Waals surface area contributed by atoms with Crippen LogP contribution >= 0.6 is 11.6 Å². The molecule has 7 heteroatoms. The fraction of sp³-hybridized carbons (Fsp3) is 0.368. The van der Waals surface area contributed by atoms with Crippen LogP contribution < -0.4 is 10.6 Å². The second-order valence-corrected chi connectivity index (χ2v) is 5.70. The van der Waals surface area contributed by atoms with Crippen molar-refractivity contribution in [1.29, 1.82) is 0 Å². The molecule has 26 heavy (non-hydrogen) atoms. The van der Waals surface area contributed by atoms with Crippen molar-refractivity contribution in [2.75, 3.05) is 37.6 Å². The highest BCUT2D eigenvalue weighted by atomic mass is 35.5. The first-order valence-electron chi connectivity index (χ1n) is 14.6. The van der Waals surface area contributed by atoms with E-state index >= 15 is 0 Å². The monoisotopic (exact) mass is 385 g/mol. The fourth-order valence-corrected chi connectivity index (χ4v) is 2.60. The largest absolute Gasteiger partial charge is 0.369 e. The van der Waals surface area contributed by atoms with Gasteiger partial charge in [-0.05, 0) is 36.6 Å². The van der Waals surface area contributed by atoms with E-state index in [1.807, 2.05) is 0 Å². The summed E-state index contributed by atoms with van der Waals surface area (Å²) in [6.45, 7) is -7.16. The van der Waals surface area contributed by atoms with E-state index in [1.165, 1.54) is 4.90 Å². The zero-order chi connectivity index (χ0) is 30.3. The van der Waals surface area contributed by atoms with Crippen molar-refractivity contribution in [3.05, 3.63) is 64.0 Å². The highest BCUT2D eigenvalue weighted by Gasteiger charge is 2.17. The number of rotatable bonds is 5. The van der Waals surface area contributed by atoms with Gasteiger partial charge in [0.25, 0.3) is 0 Å². The molecule has 0 bridgehead atoms. The average Bonchev–Trinajstić information content (AvgIpc) is 3.26. The molecule has 3 aromatic rings. The predicted molar refractivity (Wildman–Crippen MR) is 104 cm³/mol. The van der Waals surface area contributed by atoms with E-state index in [0.717, 1.165) is 4.90 Å². The van der Waals surface area contributed by atoms with E-state index in [4.69, 9.17) is 30.8 Å². The summed E-state index contributed by atoms with van der Waals surface area (Å²) in [6, 6.07) is -4.02. The Kier molecular flexibility index (Phi) is 2.13. The average molecular weight is 386 g/mol. The summed E-state index contributed by atoms with van der Waals surface area (Å²) in [6.07, 6.45) is -4.34. The maximum atomic E-state index is 13.0. The van der Waals surface area contributed by atoms with Gasteiger partial charge in [0.15, 0.2) is 5.65 Å². The normalized spacial score (nSPS) is 25.0. The molecule has 0 radical (unpaired) electrons. The van der Waals surface area contributed by atoms with Crippen LogP contribution in [-0.4, -0.2) is 51.8 Å². The quantitative estimate of drug-likeness (QED) is 0.676. The Morgan fingerprint density at radius 1 is 1.12 bits per heavy atom. The second kappa shape index (κ2) is 7.51. The zero-order valence-corrected chi connectivity index (χ0v) is 14.1. The molecule has 1 aromatic carbocycles. The molecule has 0 N–H and O–H groups in total. The van der Waals surface area contributed by atoms with E-state index in [2.05, 4.69) is 5.10 Å². The maximum absolute atomic E-state index is 13.0. The molecule has 136 valence electrons. The molecule has 2 aromatic heterocycles. The summed E-state index contributed by atoms with van der Waals surface area (Å²) in [5.41, 5.74) is -2.13. The molecular weight excluding hydrogens is 350 g/mol. The summed E-state index contributed by atoms with van der Waals surface area (Å²) >= 11 is 5.98. The lowest BCUT2D eigenvalue weighted by Crippen LogP contribution is -2.46. The van der Waals surface area contributed by atoms with Crippen LogP contribution in [0.2, 0.25) is 5.02 Å². The number of fused-ring (bicyclic) bond motifs is 1. The molecule has 0 unspecified atom stereocenters. The van der Waals surface area contributed by atoms with Crippen LogP contribution in [0.15, 0.2) is 53.3 Å². The molecule has 0 spiro atoms. The molecule has 6 nitrogen and oxygen atoms in total. The van der Waals surface area contributed by atoms with E-state index in [0.29, 0.717) is 4.40 Å². The van der Waals surface area contributed by atoms with E-state index in [1.54, 1.807) is 0 Å². The minimum absolute atomic E-state index is 0.0235. The first-order chi connectivity index (χ1) is 18.3. The van der Waals surface area contributed by atoms with Crippen LogP contribution in [0, 0.1) is 0 Å². The Labute approximate surface area is 176 Å². The smallest absolute Gasteiger partial charge is 0.350 e. The molecule has 1 saturated heterocycles. The van der Waals surface area contributed by atoms with Crippen molar-refractivity contribution in [2.24, 2.45) is 0 Å². The van der Waals surface area contributed by atoms with Gasteiger partial charge in [-0.2, -0.15) is 0 Å². The lowest BCUT2D eigenvalue weighted by Gasteiger charge is -2.36. The number of aromatic nitrogens is 3. The first kappa shape index (κ1) is 7.37. The minimum atomic E-state index is -3.49. The number of halogens is 1. The van der Waals surface area contributed by atoms with Crippen LogP contribution in [0.4, 0.5) is 5.69 Å². The maximum Gasteiger partial charge on any atom is 0.350 e. The highest BCUT2D eigenvalue weighted by molar-refractivity contribution is 6.30. The van der Waals surface area contributed by atoms with Gasteiger partial charge < -0.3 is 4.90 Å². The van der Waals surface area contributed by atoms with Crippen LogP contribution in [-0.2, 0) is 6.50 Å². The lowest BCUT2D eigenvalue weighted by molar-refractivity contribution is 0.248. The second-order valence-electron chi connectivity index (χ2n) is 5.33. The Hall–Kier alpha value is -2.31. The van der Waals surface area contributed by atoms with Gasteiger partial charge in [-0.25, -0.2) is 9.48 Å². The van der Waals surface area contributed by atoms with Gasteiger partial charge in [-0.15, -0.1) is 5.10 Å². The number of piperazine rings is 1. The topological polar surface area (TPSA) is 45.8 Å². The molecule has 0 atom stereocenters. The number of anilines is 1. The summed E-state index contributed by atoms with van der Waals surface area (Å²) in [4.78, 5) is 15.4. The van der Waals surface area contributed by atoms with Crippen molar-refractivity contribution in [2.45, 2.75) is 12.9 Å². The van der Waals surface area contributed by atoms with Crippen molar-refractivity contribution in [1.82, 2.24) is 19.1 Å². The van der Waals surface area contributed by atoms with Crippen molar-refractivity contribution >= 4 is 22.9 Å². The molecule has 0 saturated carbocycles. The number of benzene rings is 1. The third kappa shape index (κ3) is 3.61. The number of pyridine rings is 1. The van der Waals surface area contributed by atoms with Crippen molar-refractivity contribution in [3.63, 3.8) is 0 Å². The lowest BCUT2D eigenvalue weighted by atomic mass is 10.2. The van der Waals surface area contributed by atoms with E-state index in [-0.39, 0.29) is 47.6 Å². The van der Waals surface area contributed by atoms with E-state index < -0.39 is 73.1 Å². The number of hydrogen-bond donors (Lipinski definition) is 0. The predicted octanol–water partition coefficient (Wildman–Crippen LogP) is 2.36. The molecule has 1 aliphatic rings. The Morgan fingerprint density at radius 3 is 2.81 bits per heavy atom. The molecule has 0 amide bonds. The number of nitrogens with zero attached hydrogens (tertiary/aromatic N) is 5. The minimum Gasteiger partial charge on any atom is -0.369 e. The van der Waals surface area contributed by atoms with Crippen LogP contribution in [0.5, 0.6) is 0 Å². The van der Waals surface area contributed by atoms with Gasteiger partial charge >= 0.3 is 5.69 Å². The van der Waals surface area contributed by atoms with Gasteiger partial charge in [-0.3, -0.25) is 9.30 Å². The van der Waals surface area contributed by atoms with Crippen molar-refractivity contribution in [3.8, 4) is 0 Å². The zero-order valence-electron chi connectivity index (χ0n) is 27.4. The van der Waals surface area contributed by atoms with Gasteiger partial charge in [-0.1, -0.05) is 23.7 Å². The highest BCUT2D eigenvalue weighted by Crippen LogP contribution is 2.20. The number of aryl methyl sites for hydroxylation is 1. The van der Waals surface area contributed by atoms with Crippen molar-refractivity contribution < 1.29 is 19.2 Å². The van der Waals surface area contributed by atoms with Gasteiger partial charge in [0, 0.05) is 61.5 Å². The fourth-order valence-electron chi connectivity index (χ4n) is 2.46.